The van der Waals surface area contributed by atoms with Gasteiger partial charge in [0.05, 0.1) is 18.8 Å². The zero-order chi connectivity index (χ0) is 15.8. The molecule has 0 heterocycles. The van der Waals surface area contributed by atoms with Gasteiger partial charge in [0.25, 0.3) is 0 Å². The molecule has 1 atom stereocenters. The lowest BCUT2D eigenvalue weighted by molar-refractivity contribution is -0.115. The van der Waals surface area contributed by atoms with Crippen LogP contribution >= 0.6 is 0 Å². The largest absolute Gasteiger partial charge is 0.492 e. The van der Waals surface area contributed by atoms with Gasteiger partial charge in [0.15, 0.2) is 0 Å². The molecule has 2 aromatic rings. The maximum Gasteiger partial charge on any atom is 0.238 e. The van der Waals surface area contributed by atoms with E-state index in [0.717, 1.165) is 5.56 Å². The second-order valence-corrected chi connectivity index (χ2v) is 4.99. The van der Waals surface area contributed by atoms with Gasteiger partial charge in [0.1, 0.15) is 5.75 Å². The van der Waals surface area contributed by atoms with E-state index in [9.17, 15) is 4.79 Å². The third kappa shape index (κ3) is 4.60. The van der Waals surface area contributed by atoms with Crippen molar-refractivity contribution >= 4 is 11.6 Å². The lowest BCUT2D eigenvalue weighted by atomic mass is 10.1. The summed E-state index contributed by atoms with van der Waals surface area (Å²) in [5.41, 5.74) is 1.86. The fourth-order valence-electron chi connectivity index (χ4n) is 2.15. The van der Waals surface area contributed by atoms with Crippen LogP contribution in [0.25, 0.3) is 0 Å². The lowest BCUT2D eigenvalue weighted by Gasteiger charge is -2.15. The van der Waals surface area contributed by atoms with Gasteiger partial charge in [-0.3, -0.25) is 4.79 Å². The Morgan fingerprint density at radius 2 is 1.77 bits per heavy atom. The molecule has 0 saturated carbocycles. The van der Waals surface area contributed by atoms with Crippen LogP contribution in [0.2, 0.25) is 0 Å². The summed E-state index contributed by atoms with van der Waals surface area (Å²) in [4.78, 5) is 12.1. The molecule has 2 rings (SSSR count). The molecule has 2 aromatic carbocycles. The van der Waals surface area contributed by atoms with Crippen LogP contribution in [0.1, 0.15) is 25.5 Å². The summed E-state index contributed by atoms with van der Waals surface area (Å²) in [6.45, 7) is 4.77. The van der Waals surface area contributed by atoms with Crippen LogP contribution in [0, 0.1) is 0 Å². The van der Waals surface area contributed by atoms with Crippen molar-refractivity contribution in [2.75, 3.05) is 18.5 Å². The van der Waals surface area contributed by atoms with Gasteiger partial charge in [-0.25, -0.2) is 0 Å². The number of nitrogens with one attached hydrogen (secondary N) is 2. The molecule has 0 aromatic heterocycles. The number of carbonyl (C=O) groups excluding carboxylic acids is 1. The van der Waals surface area contributed by atoms with Crippen molar-refractivity contribution in [2.45, 2.75) is 19.9 Å². The van der Waals surface area contributed by atoms with Gasteiger partial charge in [-0.05, 0) is 31.5 Å². The van der Waals surface area contributed by atoms with Crippen molar-refractivity contribution in [1.82, 2.24) is 5.32 Å². The Bertz CT molecular complexity index is 599. The van der Waals surface area contributed by atoms with Gasteiger partial charge >= 0.3 is 0 Å². The highest BCUT2D eigenvalue weighted by atomic mass is 16.5. The minimum absolute atomic E-state index is 0.0880. The summed E-state index contributed by atoms with van der Waals surface area (Å²) < 4.78 is 5.50. The number of anilines is 1. The molecule has 0 bridgehead atoms. The predicted molar refractivity (Wildman–Crippen MR) is 89.1 cm³/mol. The fraction of sp³-hybridized carbons (Fsp3) is 0.278. The highest BCUT2D eigenvalue weighted by molar-refractivity contribution is 5.93. The highest BCUT2D eigenvalue weighted by Crippen LogP contribution is 2.23. The monoisotopic (exact) mass is 298 g/mol. The topological polar surface area (TPSA) is 50.4 Å². The van der Waals surface area contributed by atoms with Crippen LogP contribution < -0.4 is 15.4 Å². The molecule has 0 aliphatic heterocycles. The minimum Gasteiger partial charge on any atom is -0.492 e. The van der Waals surface area contributed by atoms with E-state index in [1.165, 1.54) is 0 Å². The molecule has 116 valence electrons. The number of hydrogen-bond acceptors (Lipinski definition) is 3. The van der Waals surface area contributed by atoms with E-state index in [1.54, 1.807) is 0 Å². The molecule has 0 fully saturated rings. The molecule has 22 heavy (non-hydrogen) atoms. The molecule has 4 nitrogen and oxygen atoms in total. The quantitative estimate of drug-likeness (QED) is 0.824. The van der Waals surface area contributed by atoms with Crippen LogP contribution in [-0.4, -0.2) is 19.1 Å². The van der Waals surface area contributed by atoms with Crippen molar-refractivity contribution in [2.24, 2.45) is 0 Å². The number of benzene rings is 2. The van der Waals surface area contributed by atoms with Gasteiger partial charge in [-0.2, -0.15) is 0 Å². The van der Waals surface area contributed by atoms with Crippen molar-refractivity contribution in [1.29, 1.82) is 0 Å². The number of hydrogen-bond donors (Lipinski definition) is 2. The first-order chi connectivity index (χ1) is 10.7. The van der Waals surface area contributed by atoms with Crippen LogP contribution in [-0.2, 0) is 4.79 Å². The first kappa shape index (κ1) is 16.0. The average molecular weight is 298 g/mol. The summed E-state index contributed by atoms with van der Waals surface area (Å²) in [6.07, 6.45) is 0. The third-order valence-electron chi connectivity index (χ3n) is 3.33. The Morgan fingerprint density at radius 3 is 2.50 bits per heavy atom. The normalized spacial score (nSPS) is 11.7. The molecule has 2 N–H and O–H groups in total. The molecule has 0 unspecified atom stereocenters. The molecule has 4 heteroatoms. The first-order valence-electron chi connectivity index (χ1n) is 7.50. The van der Waals surface area contributed by atoms with E-state index in [-0.39, 0.29) is 18.5 Å². The molecule has 0 aliphatic carbocycles. The number of ether oxygens (including phenoxy) is 1. The molecule has 0 saturated heterocycles. The van der Waals surface area contributed by atoms with E-state index < -0.39 is 0 Å². The summed E-state index contributed by atoms with van der Waals surface area (Å²) in [6, 6.07) is 17.6. The van der Waals surface area contributed by atoms with Gasteiger partial charge in [-0.1, -0.05) is 42.5 Å². The summed E-state index contributed by atoms with van der Waals surface area (Å²) in [5.74, 6) is 0.601. The Hall–Kier alpha value is -2.33. The van der Waals surface area contributed by atoms with Crippen LogP contribution in [0.4, 0.5) is 5.69 Å². The molecule has 0 aliphatic rings. The number of para-hydroxylation sites is 2. The maximum absolute atomic E-state index is 12.1. The first-order valence-corrected chi connectivity index (χ1v) is 7.50. The van der Waals surface area contributed by atoms with Crippen molar-refractivity contribution < 1.29 is 9.53 Å². The SMILES string of the molecule is CCOc1ccccc1NC(=O)CN[C@H](C)c1ccccc1. The molecular formula is C18H22N2O2. The average Bonchev–Trinajstić information content (AvgIpc) is 2.55. The minimum atomic E-state index is -0.0880. The van der Waals surface area contributed by atoms with Crippen LogP contribution in [0.15, 0.2) is 54.6 Å². The zero-order valence-electron chi connectivity index (χ0n) is 13.0. The van der Waals surface area contributed by atoms with Gasteiger partial charge < -0.3 is 15.4 Å². The van der Waals surface area contributed by atoms with Gasteiger partial charge in [-0.15, -0.1) is 0 Å². The van der Waals surface area contributed by atoms with E-state index in [0.29, 0.717) is 18.0 Å². The number of rotatable bonds is 7. The smallest absolute Gasteiger partial charge is 0.238 e. The predicted octanol–water partition coefficient (Wildman–Crippen LogP) is 3.37. The Kier molecular flexibility index (Phi) is 5.98. The number of amides is 1. The Balaban J connectivity index is 1.88. The van der Waals surface area contributed by atoms with Crippen LogP contribution in [0.3, 0.4) is 0 Å². The third-order valence-corrected chi connectivity index (χ3v) is 3.33. The molecular weight excluding hydrogens is 276 g/mol. The summed E-state index contributed by atoms with van der Waals surface area (Å²) in [5, 5.41) is 6.09. The van der Waals surface area contributed by atoms with E-state index in [2.05, 4.69) is 10.6 Å². The maximum atomic E-state index is 12.1. The Labute approximate surface area is 131 Å². The molecule has 0 spiro atoms. The van der Waals surface area contributed by atoms with Gasteiger partial charge in [0, 0.05) is 6.04 Å². The summed E-state index contributed by atoms with van der Waals surface area (Å²) in [7, 11) is 0. The molecule has 0 radical (unpaired) electrons. The zero-order valence-corrected chi connectivity index (χ0v) is 13.0. The number of carbonyl (C=O) groups is 1. The highest BCUT2D eigenvalue weighted by Gasteiger charge is 2.09. The summed E-state index contributed by atoms with van der Waals surface area (Å²) >= 11 is 0. The fourth-order valence-corrected chi connectivity index (χ4v) is 2.15. The molecule has 1 amide bonds. The van der Waals surface area contributed by atoms with Crippen LogP contribution in [0.5, 0.6) is 5.75 Å². The van der Waals surface area contributed by atoms with E-state index in [1.807, 2.05) is 68.4 Å². The second-order valence-electron chi connectivity index (χ2n) is 4.99. The van der Waals surface area contributed by atoms with Gasteiger partial charge in [0.2, 0.25) is 5.91 Å². The standard InChI is InChI=1S/C18H22N2O2/c1-3-22-17-12-8-7-11-16(17)20-18(21)13-19-14(2)15-9-5-4-6-10-15/h4-12,14,19H,3,13H2,1-2H3,(H,20,21)/t14-/m1/s1. The Morgan fingerprint density at radius 1 is 1.09 bits per heavy atom. The van der Waals surface area contributed by atoms with E-state index >= 15 is 0 Å². The van der Waals surface area contributed by atoms with Crippen molar-refractivity contribution in [3.05, 3.63) is 60.2 Å². The van der Waals surface area contributed by atoms with Crippen molar-refractivity contribution in [3.8, 4) is 5.75 Å². The lowest BCUT2D eigenvalue weighted by Crippen LogP contribution is -2.30. The second kappa shape index (κ2) is 8.20. The van der Waals surface area contributed by atoms with E-state index in [4.69, 9.17) is 4.74 Å². The van der Waals surface area contributed by atoms with Crippen molar-refractivity contribution in [3.63, 3.8) is 0 Å².